The van der Waals surface area contributed by atoms with Crippen molar-refractivity contribution in [2.24, 2.45) is 5.92 Å². The maximum Gasteiger partial charge on any atom is 0.161 e. The number of unbranched alkanes of at least 4 members (excludes halogenated alkanes) is 1. The maximum absolute atomic E-state index is 13.4. The lowest BCUT2D eigenvalue weighted by molar-refractivity contribution is 0.415. The molecule has 0 aliphatic heterocycles. The van der Waals surface area contributed by atoms with Gasteiger partial charge in [-0.1, -0.05) is 33.1 Å². The molecule has 0 saturated heterocycles. The molecule has 4 heteroatoms. The summed E-state index contributed by atoms with van der Waals surface area (Å²) in [4.78, 5) is 0. The third kappa shape index (κ3) is 5.23. The molecule has 1 nitrogen and oxygen atoms in total. The fraction of sp³-hybridized carbons (Fsp3) is 0.600. The van der Waals surface area contributed by atoms with Crippen LogP contribution >= 0.6 is 0 Å². The molecule has 1 atom stereocenters. The van der Waals surface area contributed by atoms with Crippen molar-refractivity contribution in [2.75, 3.05) is 6.54 Å². The van der Waals surface area contributed by atoms with E-state index in [4.69, 9.17) is 0 Å². The van der Waals surface area contributed by atoms with Gasteiger partial charge in [-0.15, -0.1) is 0 Å². The molecule has 0 bridgehead atoms. The minimum atomic E-state index is -1.14. The van der Waals surface area contributed by atoms with Crippen molar-refractivity contribution < 1.29 is 13.2 Å². The monoisotopic (exact) mass is 273 g/mol. The third-order valence-corrected chi connectivity index (χ3v) is 3.38. The average Bonchev–Trinajstić information content (AvgIpc) is 2.39. The number of hydrogen-bond donors (Lipinski definition) is 1. The van der Waals surface area contributed by atoms with Crippen molar-refractivity contribution in [1.29, 1.82) is 0 Å². The second-order valence-electron chi connectivity index (χ2n) is 4.91. The maximum atomic E-state index is 13.4. The van der Waals surface area contributed by atoms with Crippen LogP contribution < -0.4 is 5.32 Å². The van der Waals surface area contributed by atoms with Crippen molar-refractivity contribution >= 4 is 0 Å². The topological polar surface area (TPSA) is 12.0 Å². The lowest BCUT2D eigenvalue weighted by atomic mass is 9.99. The van der Waals surface area contributed by atoms with Gasteiger partial charge < -0.3 is 5.32 Å². The van der Waals surface area contributed by atoms with E-state index >= 15 is 0 Å². The predicted octanol–water partition coefficient (Wildman–Crippen LogP) is 4.41. The highest BCUT2D eigenvalue weighted by Crippen LogP contribution is 2.15. The standard InChI is InChI=1S/C15H22F3N/c1-3-5-6-11(4-2)9-19-10-12-7-14(17)15(18)8-13(12)16/h7-8,11,19H,3-6,9-10H2,1-2H3. The second-order valence-corrected chi connectivity index (χ2v) is 4.91. The molecule has 19 heavy (non-hydrogen) atoms. The van der Waals surface area contributed by atoms with Crippen LogP contribution in [0.3, 0.4) is 0 Å². The Kier molecular flexibility index (Phi) is 6.92. The second kappa shape index (κ2) is 8.20. The molecular formula is C15H22F3N. The van der Waals surface area contributed by atoms with E-state index < -0.39 is 17.5 Å². The van der Waals surface area contributed by atoms with Crippen LogP contribution in [-0.4, -0.2) is 6.54 Å². The van der Waals surface area contributed by atoms with Gasteiger partial charge in [0.15, 0.2) is 11.6 Å². The first-order chi connectivity index (χ1) is 9.08. The first kappa shape index (κ1) is 16.0. The van der Waals surface area contributed by atoms with Gasteiger partial charge in [-0.25, -0.2) is 13.2 Å². The Bertz CT molecular complexity index is 393. The van der Waals surface area contributed by atoms with Gasteiger partial charge in [0, 0.05) is 18.2 Å². The minimum Gasteiger partial charge on any atom is -0.312 e. The van der Waals surface area contributed by atoms with Crippen LogP contribution in [0.25, 0.3) is 0 Å². The van der Waals surface area contributed by atoms with Gasteiger partial charge in [-0.05, 0) is 24.9 Å². The van der Waals surface area contributed by atoms with Gasteiger partial charge in [0.05, 0.1) is 0 Å². The molecule has 0 heterocycles. The number of hydrogen-bond acceptors (Lipinski definition) is 1. The van der Waals surface area contributed by atoms with Crippen LogP contribution in [0.15, 0.2) is 12.1 Å². The zero-order valence-electron chi connectivity index (χ0n) is 11.6. The van der Waals surface area contributed by atoms with E-state index in [1.807, 2.05) is 0 Å². The van der Waals surface area contributed by atoms with E-state index in [0.29, 0.717) is 12.0 Å². The molecule has 0 aliphatic carbocycles. The Hall–Kier alpha value is -1.03. The van der Waals surface area contributed by atoms with Crippen LogP contribution in [0.1, 0.15) is 45.1 Å². The van der Waals surface area contributed by atoms with Crippen LogP contribution in [-0.2, 0) is 6.54 Å². The molecule has 1 aromatic rings. The van der Waals surface area contributed by atoms with Crippen molar-refractivity contribution in [3.63, 3.8) is 0 Å². The van der Waals surface area contributed by atoms with Crippen molar-refractivity contribution in [3.05, 3.63) is 35.1 Å². The SMILES string of the molecule is CCCCC(CC)CNCc1cc(F)c(F)cc1F. The summed E-state index contributed by atoms with van der Waals surface area (Å²) in [6.07, 6.45) is 4.54. The molecule has 1 rings (SSSR count). The third-order valence-electron chi connectivity index (χ3n) is 3.38. The molecular weight excluding hydrogens is 251 g/mol. The summed E-state index contributed by atoms with van der Waals surface area (Å²) >= 11 is 0. The molecule has 0 aromatic heterocycles. The van der Waals surface area contributed by atoms with Gasteiger partial charge in [-0.3, -0.25) is 0 Å². The van der Waals surface area contributed by atoms with Gasteiger partial charge in [0.25, 0.3) is 0 Å². The molecule has 0 aliphatic rings. The molecule has 0 amide bonds. The zero-order chi connectivity index (χ0) is 14.3. The summed E-state index contributed by atoms with van der Waals surface area (Å²) in [7, 11) is 0. The average molecular weight is 273 g/mol. The van der Waals surface area contributed by atoms with Gasteiger partial charge in [0.2, 0.25) is 0 Å². The van der Waals surface area contributed by atoms with E-state index in [0.717, 1.165) is 31.9 Å². The van der Waals surface area contributed by atoms with Crippen molar-refractivity contribution in [2.45, 2.75) is 46.1 Å². The molecule has 1 unspecified atom stereocenters. The molecule has 108 valence electrons. The summed E-state index contributed by atoms with van der Waals surface area (Å²) in [5, 5.41) is 3.12. The van der Waals surface area contributed by atoms with E-state index in [1.165, 1.54) is 6.42 Å². The predicted molar refractivity (Wildman–Crippen MR) is 71.3 cm³/mol. The van der Waals surface area contributed by atoms with E-state index in [2.05, 4.69) is 19.2 Å². The van der Waals surface area contributed by atoms with E-state index in [1.54, 1.807) is 0 Å². The largest absolute Gasteiger partial charge is 0.312 e. The first-order valence-electron chi connectivity index (χ1n) is 6.92. The Labute approximate surface area is 113 Å². The van der Waals surface area contributed by atoms with Crippen molar-refractivity contribution in [1.82, 2.24) is 5.32 Å². The fourth-order valence-corrected chi connectivity index (χ4v) is 2.05. The lowest BCUT2D eigenvalue weighted by Gasteiger charge is -2.15. The van der Waals surface area contributed by atoms with Crippen LogP contribution in [0, 0.1) is 23.4 Å². The quantitative estimate of drug-likeness (QED) is 0.692. The Morgan fingerprint density at radius 3 is 2.37 bits per heavy atom. The van der Waals surface area contributed by atoms with Gasteiger partial charge in [0.1, 0.15) is 5.82 Å². The van der Waals surface area contributed by atoms with Gasteiger partial charge >= 0.3 is 0 Å². The highest BCUT2D eigenvalue weighted by atomic mass is 19.2. The molecule has 0 saturated carbocycles. The normalized spacial score (nSPS) is 12.7. The van der Waals surface area contributed by atoms with Crippen LogP contribution in [0.5, 0.6) is 0 Å². The molecule has 1 aromatic carbocycles. The summed E-state index contributed by atoms with van der Waals surface area (Å²) in [6, 6.07) is 1.52. The summed E-state index contributed by atoms with van der Waals surface area (Å²) in [5.41, 5.74) is 0.171. The highest BCUT2D eigenvalue weighted by molar-refractivity contribution is 5.19. The summed E-state index contributed by atoms with van der Waals surface area (Å²) in [6.45, 7) is 5.28. The number of rotatable bonds is 8. The molecule has 0 radical (unpaired) electrons. The van der Waals surface area contributed by atoms with Crippen LogP contribution in [0.4, 0.5) is 13.2 Å². The Morgan fingerprint density at radius 2 is 1.74 bits per heavy atom. The van der Waals surface area contributed by atoms with E-state index in [9.17, 15) is 13.2 Å². The minimum absolute atomic E-state index is 0.171. The smallest absolute Gasteiger partial charge is 0.161 e. The molecule has 1 N–H and O–H groups in total. The Balaban J connectivity index is 2.46. The zero-order valence-corrected chi connectivity index (χ0v) is 11.6. The Morgan fingerprint density at radius 1 is 1.05 bits per heavy atom. The van der Waals surface area contributed by atoms with Gasteiger partial charge in [-0.2, -0.15) is 0 Å². The highest BCUT2D eigenvalue weighted by Gasteiger charge is 2.10. The first-order valence-corrected chi connectivity index (χ1v) is 6.92. The fourth-order valence-electron chi connectivity index (χ4n) is 2.05. The van der Waals surface area contributed by atoms with E-state index in [-0.39, 0.29) is 12.1 Å². The lowest BCUT2D eigenvalue weighted by Crippen LogP contribution is -2.22. The molecule has 0 fully saturated rings. The number of benzene rings is 1. The summed E-state index contributed by atoms with van der Waals surface area (Å²) in [5.74, 6) is -2.30. The number of halogens is 3. The van der Waals surface area contributed by atoms with Crippen LogP contribution in [0.2, 0.25) is 0 Å². The summed E-state index contributed by atoms with van der Waals surface area (Å²) < 4.78 is 39.2. The molecule has 0 spiro atoms. The number of nitrogens with one attached hydrogen (secondary N) is 1. The van der Waals surface area contributed by atoms with Crippen molar-refractivity contribution in [3.8, 4) is 0 Å².